The second-order valence-corrected chi connectivity index (χ2v) is 15.3. The zero-order valence-electron chi connectivity index (χ0n) is 29.9. The summed E-state index contributed by atoms with van der Waals surface area (Å²) >= 11 is 0. The Kier molecular flexibility index (Phi) is 13.8. The molecular formula is C33H57N5O9. The second kappa shape index (κ2) is 16.2. The van der Waals surface area contributed by atoms with Crippen molar-refractivity contribution >= 4 is 35.6 Å². The predicted octanol–water partition coefficient (Wildman–Crippen LogP) is 1.56. The molecule has 0 spiro atoms. The molecule has 0 aromatic rings. The van der Waals surface area contributed by atoms with E-state index in [0.717, 1.165) is 0 Å². The van der Waals surface area contributed by atoms with E-state index in [1.807, 2.05) is 20.8 Å². The van der Waals surface area contributed by atoms with Crippen molar-refractivity contribution in [3.05, 3.63) is 0 Å². The molecule has 2 rings (SSSR count). The van der Waals surface area contributed by atoms with Gasteiger partial charge in [0.25, 0.3) is 0 Å². The van der Waals surface area contributed by atoms with Crippen molar-refractivity contribution in [2.45, 2.75) is 155 Å². The molecule has 5 atom stereocenters. The maximum absolute atomic E-state index is 14.1. The van der Waals surface area contributed by atoms with Gasteiger partial charge in [-0.05, 0) is 101 Å². The van der Waals surface area contributed by atoms with Crippen LogP contribution in [-0.2, 0) is 43.0 Å². The van der Waals surface area contributed by atoms with E-state index < -0.39 is 76.7 Å². The topological polar surface area (TPSA) is 187 Å². The van der Waals surface area contributed by atoms with Crippen LogP contribution in [0.1, 0.15) is 108 Å². The zero-order valence-corrected chi connectivity index (χ0v) is 29.9. The fraction of sp³-hybridized carbons (Fsp3) is 0.818. The van der Waals surface area contributed by atoms with Crippen molar-refractivity contribution in [3.63, 3.8) is 0 Å². The zero-order chi connectivity index (χ0) is 35.9. The van der Waals surface area contributed by atoms with E-state index in [4.69, 9.17) is 19.9 Å². The van der Waals surface area contributed by atoms with Gasteiger partial charge in [0.1, 0.15) is 35.4 Å². The number of carbonyl (C=O) groups excluding carboxylic acids is 6. The molecule has 47 heavy (non-hydrogen) atoms. The summed E-state index contributed by atoms with van der Waals surface area (Å²) in [6, 6.07) is -4.17. The first-order chi connectivity index (χ1) is 21.5. The first kappa shape index (κ1) is 39.9. The van der Waals surface area contributed by atoms with Gasteiger partial charge in [-0.25, -0.2) is 4.79 Å². The Morgan fingerprint density at radius 1 is 0.787 bits per heavy atom. The average Bonchev–Trinajstić information content (AvgIpc) is 3.60. The summed E-state index contributed by atoms with van der Waals surface area (Å²) in [6.07, 6.45) is 0.764. The van der Waals surface area contributed by atoms with E-state index in [-0.39, 0.29) is 31.8 Å². The third-order valence-electron chi connectivity index (χ3n) is 7.53. The van der Waals surface area contributed by atoms with Crippen molar-refractivity contribution in [3.8, 4) is 0 Å². The smallest absolute Gasteiger partial charge is 0.329 e. The molecule has 2 heterocycles. The maximum Gasteiger partial charge on any atom is 0.329 e. The summed E-state index contributed by atoms with van der Waals surface area (Å²) < 4.78 is 17.1. The molecule has 0 bridgehead atoms. The van der Waals surface area contributed by atoms with Crippen LogP contribution in [-0.4, -0.2) is 112 Å². The summed E-state index contributed by atoms with van der Waals surface area (Å²) in [6.45, 7) is 17.9. The van der Waals surface area contributed by atoms with E-state index in [9.17, 15) is 28.8 Å². The SMILES string of the molecule is C[C@@H](OC(C)(C)C)[C@H](NC(=O)[C@H](CCC(=O)OC(C)(C)C)NC(=O)[C@@H]1CCCN1C(=O)CN)C(=O)N1CCC[C@H]1C(=O)OC(C)(C)C. The summed E-state index contributed by atoms with van der Waals surface area (Å²) in [4.78, 5) is 82.4. The molecule has 2 fully saturated rings. The van der Waals surface area contributed by atoms with Crippen LogP contribution in [0.5, 0.6) is 0 Å². The van der Waals surface area contributed by atoms with Gasteiger partial charge in [-0.2, -0.15) is 0 Å². The molecule has 14 nitrogen and oxygen atoms in total. The number of nitrogens with one attached hydrogen (secondary N) is 2. The molecule has 0 unspecified atom stereocenters. The van der Waals surface area contributed by atoms with Crippen LogP contribution in [0.25, 0.3) is 0 Å². The molecule has 2 aliphatic heterocycles. The molecule has 0 aromatic carbocycles. The highest BCUT2D eigenvalue weighted by Gasteiger charge is 2.43. The number of likely N-dealkylation sites (tertiary alicyclic amines) is 2. The molecule has 4 N–H and O–H groups in total. The second-order valence-electron chi connectivity index (χ2n) is 15.3. The Balaban J connectivity index is 2.38. The van der Waals surface area contributed by atoms with Crippen molar-refractivity contribution in [1.29, 1.82) is 0 Å². The van der Waals surface area contributed by atoms with E-state index in [1.54, 1.807) is 48.5 Å². The molecule has 4 amide bonds. The van der Waals surface area contributed by atoms with Crippen LogP contribution < -0.4 is 16.4 Å². The Morgan fingerprint density at radius 3 is 1.87 bits per heavy atom. The third-order valence-corrected chi connectivity index (χ3v) is 7.53. The number of rotatable bonds is 12. The maximum atomic E-state index is 14.1. The van der Waals surface area contributed by atoms with E-state index in [0.29, 0.717) is 32.2 Å². The van der Waals surface area contributed by atoms with Gasteiger partial charge in [-0.3, -0.25) is 24.0 Å². The van der Waals surface area contributed by atoms with Gasteiger partial charge >= 0.3 is 11.9 Å². The van der Waals surface area contributed by atoms with Gasteiger partial charge in [0.05, 0.1) is 18.2 Å². The minimum Gasteiger partial charge on any atom is -0.460 e. The lowest BCUT2D eigenvalue weighted by Gasteiger charge is -2.35. The van der Waals surface area contributed by atoms with Crippen molar-refractivity contribution in [2.75, 3.05) is 19.6 Å². The predicted molar refractivity (Wildman–Crippen MR) is 174 cm³/mol. The van der Waals surface area contributed by atoms with E-state index >= 15 is 0 Å². The number of esters is 2. The van der Waals surface area contributed by atoms with Gasteiger partial charge in [-0.15, -0.1) is 0 Å². The van der Waals surface area contributed by atoms with Crippen molar-refractivity contribution in [2.24, 2.45) is 5.73 Å². The summed E-state index contributed by atoms with van der Waals surface area (Å²) in [7, 11) is 0. The molecular weight excluding hydrogens is 610 g/mol. The number of nitrogens with two attached hydrogens (primary N) is 1. The highest BCUT2D eigenvalue weighted by atomic mass is 16.6. The number of ether oxygens (including phenoxy) is 3. The Morgan fingerprint density at radius 2 is 1.34 bits per heavy atom. The van der Waals surface area contributed by atoms with Crippen LogP contribution in [0.4, 0.5) is 0 Å². The van der Waals surface area contributed by atoms with Crippen LogP contribution in [0.15, 0.2) is 0 Å². The highest BCUT2D eigenvalue weighted by molar-refractivity contribution is 5.96. The number of hydrogen-bond acceptors (Lipinski definition) is 10. The van der Waals surface area contributed by atoms with Crippen LogP contribution >= 0.6 is 0 Å². The normalized spacial score (nSPS) is 20.7. The first-order valence-corrected chi connectivity index (χ1v) is 16.6. The summed E-state index contributed by atoms with van der Waals surface area (Å²) in [5.74, 6) is -3.32. The molecule has 2 aliphatic rings. The Hall–Kier alpha value is -3.26. The van der Waals surface area contributed by atoms with Gasteiger partial charge in [0, 0.05) is 19.5 Å². The lowest BCUT2D eigenvalue weighted by molar-refractivity contribution is -0.165. The molecule has 0 aliphatic carbocycles. The van der Waals surface area contributed by atoms with Gasteiger partial charge in [0.2, 0.25) is 23.6 Å². The van der Waals surface area contributed by atoms with Gasteiger partial charge in [-0.1, -0.05) is 0 Å². The Labute approximate surface area is 279 Å². The van der Waals surface area contributed by atoms with Gasteiger partial charge < -0.3 is 40.4 Å². The molecule has 0 aromatic heterocycles. The third kappa shape index (κ3) is 12.7. The number of hydrogen-bond donors (Lipinski definition) is 3. The molecule has 2 saturated heterocycles. The summed E-state index contributed by atoms with van der Waals surface area (Å²) in [5.41, 5.74) is 3.34. The molecule has 268 valence electrons. The standard InChI is InChI=1S/C33H57N5O9/c1-20(45-31(2,3)4)26(29(43)38-18-12-14-23(38)30(44)47-33(8,9)10)36-27(41)21(15-16-25(40)46-32(5,6)7)35-28(42)22-13-11-17-37(22)24(39)19-34/h20-23,26H,11-19,34H2,1-10H3,(H,35,42)(H,36,41)/t20-,21+,22+,23+,26+/m1/s1. The lowest BCUT2D eigenvalue weighted by Crippen LogP contribution is -2.61. The first-order valence-electron chi connectivity index (χ1n) is 16.6. The fourth-order valence-corrected chi connectivity index (χ4v) is 5.73. The average molecular weight is 668 g/mol. The Bertz CT molecular complexity index is 1150. The van der Waals surface area contributed by atoms with E-state index in [1.165, 1.54) is 9.80 Å². The van der Waals surface area contributed by atoms with Crippen LogP contribution in [0, 0.1) is 0 Å². The highest BCUT2D eigenvalue weighted by Crippen LogP contribution is 2.24. The van der Waals surface area contributed by atoms with Crippen LogP contribution in [0.3, 0.4) is 0 Å². The van der Waals surface area contributed by atoms with Crippen LogP contribution in [0.2, 0.25) is 0 Å². The van der Waals surface area contributed by atoms with Crippen molar-refractivity contribution < 1.29 is 43.0 Å². The fourth-order valence-electron chi connectivity index (χ4n) is 5.73. The quantitative estimate of drug-likeness (QED) is 0.258. The monoisotopic (exact) mass is 667 g/mol. The van der Waals surface area contributed by atoms with E-state index in [2.05, 4.69) is 10.6 Å². The number of nitrogens with zero attached hydrogens (tertiary/aromatic N) is 2. The minimum absolute atomic E-state index is 0.135. The molecule has 0 radical (unpaired) electrons. The molecule has 0 saturated carbocycles. The number of carbonyl (C=O) groups is 6. The number of amides is 4. The summed E-state index contributed by atoms with van der Waals surface area (Å²) in [5, 5.41) is 5.47. The largest absolute Gasteiger partial charge is 0.460 e. The minimum atomic E-state index is -1.26. The lowest BCUT2D eigenvalue weighted by atomic mass is 10.0. The van der Waals surface area contributed by atoms with Gasteiger partial charge in [0.15, 0.2) is 0 Å². The van der Waals surface area contributed by atoms with Crippen molar-refractivity contribution in [1.82, 2.24) is 20.4 Å². The molecule has 14 heteroatoms.